The summed E-state index contributed by atoms with van der Waals surface area (Å²) in [5.74, 6) is 1.52. The van der Waals surface area contributed by atoms with Crippen molar-refractivity contribution in [2.24, 2.45) is 13.0 Å². The summed E-state index contributed by atoms with van der Waals surface area (Å²) < 4.78 is 1.90. The van der Waals surface area contributed by atoms with Crippen LogP contribution in [-0.2, 0) is 24.7 Å². The lowest BCUT2D eigenvalue weighted by molar-refractivity contribution is -0.113. The van der Waals surface area contributed by atoms with E-state index in [-0.39, 0.29) is 11.7 Å². The summed E-state index contributed by atoms with van der Waals surface area (Å²) in [5.41, 5.74) is 1.77. The summed E-state index contributed by atoms with van der Waals surface area (Å²) in [6, 6.07) is 6.26. The van der Waals surface area contributed by atoms with Crippen LogP contribution >= 0.6 is 34.4 Å². The number of carbonyl (C=O) groups is 1. The number of thiophene rings is 2. The number of hydrogen-bond donors (Lipinski definition) is 1. The topological polar surface area (TPSA) is 83.6 Å². The third-order valence-corrected chi connectivity index (χ3v) is 7.84. The Morgan fingerprint density at radius 2 is 2.36 bits per heavy atom. The maximum Gasteiger partial charge on any atom is 0.235 e. The van der Waals surface area contributed by atoms with Crippen LogP contribution in [-0.4, -0.2) is 26.4 Å². The highest BCUT2D eigenvalue weighted by Crippen LogP contribution is 2.39. The molecule has 1 unspecified atom stereocenters. The second kappa shape index (κ2) is 8.07. The molecule has 4 rings (SSSR count). The molecule has 0 fully saturated rings. The number of nitriles is 1. The average molecular weight is 430 g/mol. The summed E-state index contributed by atoms with van der Waals surface area (Å²) >= 11 is 4.50. The van der Waals surface area contributed by atoms with Crippen molar-refractivity contribution in [2.45, 2.75) is 31.3 Å². The van der Waals surface area contributed by atoms with Gasteiger partial charge in [-0.15, -0.1) is 32.9 Å². The van der Waals surface area contributed by atoms with Gasteiger partial charge in [-0.2, -0.15) is 5.26 Å². The highest BCUT2D eigenvalue weighted by Gasteiger charge is 2.24. The maximum absolute atomic E-state index is 12.5. The second-order valence-electron chi connectivity index (χ2n) is 6.85. The summed E-state index contributed by atoms with van der Waals surface area (Å²) in [6.07, 6.45) is 3.01. The molecule has 0 radical (unpaired) electrons. The first kappa shape index (κ1) is 19.2. The van der Waals surface area contributed by atoms with Gasteiger partial charge in [-0.3, -0.25) is 4.79 Å². The summed E-state index contributed by atoms with van der Waals surface area (Å²) in [4.78, 5) is 14.8. The molecule has 0 aliphatic heterocycles. The molecule has 0 saturated heterocycles. The maximum atomic E-state index is 12.5. The van der Waals surface area contributed by atoms with Crippen LogP contribution < -0.4 is 5.32 Å². The number of thioether (sulfide) groups is 1. The standard InChI is InChI=1S/C19H19N5OS3/c1-11-5-6-12-13(9-20)18(28-15(12)8-11)21-16(25)10-27-19-23-22-17(24(19)2)14-4-3-7-26-14/h3-4,7,11H,5-6,8,10H2,1-2H3,(H,21,25). The minimum absolute atomic E-state index is 0.131. The van der Waals surface area contributed by atoms with Crippen molar-refractivity contribution in [1.82, 2.24) is 14.8 Å². The monoisotopic (exact) mass is 429 g/mol. The molecule has 1 N–H and O–H groups in total. The van der Waals surface area contributed by atoms with Crippen molar-refractivity contribution in [3.05, 3.63) is 33.5 Å². The van der Waals surface area contributed by atoms with Crippen LogP contribution in [0.3, 0.4) is 0 Å². The normalized spacial score (nSPS) is 15.8. The lowest BCUT2D eigenvalue weighted by Gasteiger charge is -2.17. The van der Waals surface area contributed by atoms with E-state index in [1.807, 2.05) is 29.1 Å². The number of amides is 1. The molecule has 28 heavy (non-hydrogen) atoms. The Balaban J connectivity index is 1.43. The van der Waals surface area contributed by atoms with E-state index in [9.17, 15) is 10.1 Å². The van der Waals surface area contributed by atoms with Crippen LogP contribution in [0.1, 0.15) is 29.3 Å². The van der Waals surface area contributed by atoms with Crippen LogP contribution in [0.15, 0.2) is 22.7 Å². The molecule has 9 heteroatoms. The lowest BCUT2D eigenvalue weighted by Crippen LogP contribution is -2.14. The Morgan fingerprint density at radius 3 is 3.11 bits per heavy atom. The predicted molar refractivity (Wildman–Crippen MR) is 114 cm³/mol. The molecule has 1 amide bonds. The van der Waals surface area contributed by atoms with Crippen LogP contribution in [0.5, 0.6) is 0 Å². The summed E-state index contributed by atoms with van der Waals surface area (Å²) in [5, 5.41) is 24.3. The molecule has 3 heterocycles. The van der Waals surface area contributed by atoms with Gasteiger partial charge in [0, 0.05) is 11.9 Å². The number of anilines is 1. The van der Waals surface area contributed by atoms with Crippen molar-refractivity contribution < 1.29 is 4.79 Å². The Kier molecular flexibility index (Phi) is 5.53. The SMILES string of the molecule is CC1CCc2c(sc(NC(=O)CSc3nnc(-c4cccs4)n3C)c2C#N)C1. The van der Waals surface area contributed by atoms with Crippen LogP contribution in [0, 0.1) is 17.2 Å². The van der Waals surface area contributed by atoms with Gasteiger partial charge < -0.3 is 9.88 Å². The van der Waals surface area contributed by atoms with E-state index in [1.54, 1.807) is 22.7 Å². The lowest BCUT2D eigenvalue weighted by atomic mass is 9.89. The smallest absolute Gasteiger partial charge is 0.235 e. The first-order chi connectivity index (χ1) is 13.6. The zero-order valence-electron chi connectivity index (χ0n) is 15.6. The molecule has 3 aromatic heterocycles. The van der Waals surface area contributed by atoms with Gasteiger partial charge >= 0.3 is 0 Å². The van der Waals surface area contributed by atoms with E-state index in [1.165, 1.54) is 16.6 Å². The zero-order valence-corrected chi connectivity index (χ0v) is 18.0. The number of aromatic nitrogens is 3. The van der Waals surface area contributed by atoms with E-state index in [4.69, 9.17) is 0 Å². The number of nitrogens with one attached hydrogen (secondary N) is 1. The fourth-order valence-electron chi connectivity index (χ4n) is 3.31. The first-order valence-electron chi connectivity index (χ1n) is 8.97. The molecular weight excluding hydrogens is 410 g/mol. The molecule has 0 spiro atoms. The largest absolute Gasteiger partial charge is 0.316 e. The first-order valence-corrected chi connectivity index (χ1v) is 11.7. The molecule has 0 aromatic carbocycles. The van der Waals surface area contributed by atoms with E-state index < -0.39 is 0 Å². The fraction of sp³-hybridized carbons (Fsp3) is 0.368. The van der Waals surface area contributed by atoms with E-state index in [2.05, 4.69) is 28.5 Å². The highest BCUT2D eigenvalue weighted by atomic mass is 32.2. The van der Waals surface area contributed by atoms with E-state index >= 15 is 0 Å². The predicted octanol–water partition coefficient (Wildman–Crippen LogP) is 4.33. The van der Waals surface area contributed by atoms with E-state index in [0.717, 1.165) is 35.5 Å². The fourth-order valence-corrected chi connectivity index (χ4v) is 6.14. The van der Waals surface area contributed by atoms with Gasteiger partial charge in [0.25, 0.3) is 0 Å². The molecule has 3 aromatic rings. The van der Waals surface area contributed by atoms with Gasteiger partial charge in [-0.1, -0.05) is 24.8 Å². The minimum atomic E-state index is -0.131. The number of carbonyl (C=O) groups excluding carboxylic acids is 1. The number of nitrogens with zero attached hydrogens (tertiary/aromatic N) is 4. The second-order valence-corrected chi connectivity index (χ2v) is 9.84. The molecule has 1 aliphatic rings. The molecule has 144 valence electrons. The number of rotatable bonds is 5. The summed E-state index contributed by atoms with van der Waals surface area (Å²) in [7, 11) is 1.90. The molecule has 0 saturated carbocycles. The Bertz CT molecular complexity index is 1040. The van der Waals surface area contributed by atoms with Gasteiger partial charge in [-0.05, 0) is 42.2 Å². The molecule has 6 nitrogen and oxygen atoms in total. The van der Waals surface area contributed by atoms with Crippen LogP contribution in [0.2, 0.25) is 0 Å². The van der Waals surface area contributed by atoms with Crippen LogP contribution in [0.4, 0.5) is 5.00 Å². The van der Waals surface area contributed by atoms with Crippen molar-refractivity contribution in [3.8, 4) is 16.8 Å². The number of fused-ring (bicyclic) bond motifs is 1. The van der Waals surface area contributed by atoms with Gasteiger partial charge in [0.15, 0.2) is 11.0 Å². The van der Waals surface area contributed by atoms with Crippen LogP contribution in [0.25, 0.3) is 10.7 Å². The van der Waals surface area contributed by atoms with Crippen molar-refractivity contribution in [1.29, 1.82) is 5.26 Å². The third-order valence-electron chi connectivity index (χ3n) is 4.79. The minimum Gasteiger partial charge on any atom is -0.316 e. The molecular formula is C19H19N5OS3. The van der Waals surface area contributed by atoms with Crippen molar-refractivity contribution in [3.63, 3.8) is 0 Å². The Hall–Kier alpha value is -2.15. The average Bonchev–Trinajstić information content (AvgIpc) is 3.38. The highest BCUT2D eigenvalue weighted by molar-refractivity contribution is 7.99. The Labute approximate surface area is 175 Å². The summed E-state index contributed by atoms with van der Waals surface area (Å²) in [6.45, 7) is 2.23. The van der Waals surface area contributed by atoms with Crippen molar-refractivity contribution >= 4 is 45.3 Å². The van der Waals surface area contributed by atoms with Gasteiger partial charge in [0.1, 0.15) is 11.1 Å². The third kappa shape index (κ3) is 3.72. The van der Waals surface area contributed by atoms with E-state index in [0.29, 0.717) is 21.6 Å². The zero-order chi connectivity index (χ0) is 19.7. The molecule has 1 atom stereocenters. The number of hydrogen-bond acceptors (Lipinski definition) is 7. The molecule has 0 bridgehead atoms. The van der Waals surface area contributed by atoms with Gasteiger partial charge in [0.2, 0.25) is 5.91 Å². The Morgan fingerprint density at radius 1 is 1.50 bits per heavy atom. The van der Waals surface area contributed by atoms with Gasteiger partial charge in [-0.25, -0.2) is 0 Å². The molecule has 1 aliphatic carbocycles. The quantitative estimate of drug-likeness (QED) is 0.610. The van der Waals surface area contributed by atoms with Gasteiger partial charge in [0.05, 0.1) is 16.2 Å². The van der Waals surface area contributed by atoms with Crippen molar-refractivity contribution in [2.75, 3.05) is 11.1 Å².